The molecule has 1 heterocycles. The largest absolute Gasteiger partial charge is 0.493 e. The van der Waals surface area contributed by atoms with E-state index in [2.05, 4.69) is 9.98 Å². The molecule has 0 saturated carbocycles. The number of benzene rings is 2. The highest BCUT2D eigenvalue weighted by atomic mass is 16.5. The number of aliphatic imine (C=N–C) groups is 1. The van der Waals surface area contributed by atoms with E-state index in [1.807, 2.05) is 30.3 Å². The predicted octanol–water partition coefficient (Wildman–Crippen LogP) is 2.34. The van der Waals surface area contributed by atoms with Gasteiger partial charge >= 0.3 is 0 Å². The Morgan fingerprint density at radius 2 is 1.64 bits per heavy atom. The smallest absolute Gasteiger partial charge is 0.281 e. The lowest BCUT2D eigenvalue weighted by Crippen LogP contribution is -2.24. The van der Waals surface area contributed by atoms with Crippen LogP contribution in [0.4, 0.5) is 0 Å². The fourth-order valence-electron chi connectivity index (χ4n) is 2.97. The van der Waals surface area contributed by atoms with Crippen molar-refractivity contribution in [3.05, 3.63) is 48.0 Å². The van der Waals surface area contributed by atoms with E-state index in [9.17, 15) is 4.79 Å². The zero-order valence-electron chi connectivity index (χ0n) is 15.7. The second-order valence-electron chi connectivity index (χ2n) is 5.80. The van der Waals surface area contributed by atoms with Gasteiger partial charge in [-0.2, -0.15) is 4.99 Å². The molecule has 1 amide bonds. The Bertz CT molecular complexity index is 1060. The topological polar surface area (TPSA) is 122 Å². The fraction of sp³-hybridized carbons (Fsp3) is 0.150. The summed E-state index contributed by atoms with van der Waals surface area (Å²) in [5.41, 5.74) is 12.9. The molecular formula is C20H20N4O4. The summed E-state index contributed by atoms with van der Waals surface area (Å²) in [6, 6.07) is 12.7. The van der Waals surface area contributed by atoms with Crippen LogP contribution in [0.25, 0.3) is 22.2 Å². The Morgan fingerprint density at radius 1 is 0.964 bits per heavy atom. The number of nitrogens with two attached hydrogens (primary N) is 2. The number of pyridine rings is 1. The highest BCUT2D eigenvalue weighted by Crippen LogP contribution is 2.45. The van der Waals surface area contributed by atoms with Gasteiger partial charge in [-0.1, -0.05) is 30.3 Å². The number of hydrogen-bond donors (Lipinski definition) is 2. The van der Waals surface area contributed by atoms with Crippen molar-refractivity contribution in [1.82, 2.24) is 4.98 Å². The number of fused-ring (bicyclic) bond motifs is 1. The molecule has 0 fully saturated rings. The molecule has 0 atom stereocenters. The van der Waals surface area contributed by atoms with E-state index in [4.69, 9.17) is 25.7 Å². The van der Waals surface area contributed by atoms with Crippen LogP contribution in [0.15, 0.2) is 47.5 Å². The molecule has 144 valence electrons. The number of carbonyl (C=O) groups is 1. The first-order valence-corrected chi connectivity index (χ1v) is 8.33. The highest BCUT2D eigenvalue weighted by molar-refractivity contribution is 6.13. The molecule has 3 aromatic rings. The van der Waals surface area contributed by atoms with E-state index in [1.165, 1.54) is 21.3 Å². The molecule has 8 nitrogen and oxygen atoms in total. The Labute approximate surface area is 161 Å². The van der Waals surface area contributed by atoms with Crippen LogP contribution in [-0.2, 0) is 0 Å². The van der Waals surface area contributed by atoms with Gasteiger partial charge in [-0.05, 0) is 6.07 Å². The van der Waals surface area contributed by atoms with Crippen molar-refractivity contribution in [1.29, 1.82) is 0 Å². The molecule has 0 aliphatic rings. The van der Waals surface area contributed by atoms with Crippen molar-refractivity contribution >= 4 is 22.8 Å². The third-order valence-corrected chi connectivity index (χ3v) is 4.13. The Hall–Kier alpha value is -3.81. The first-order valence-electron chi connectivity index (χ1n) is 8.33. The highest BCUT2D eigenvalue weighted by Gasteiger charge is 2.23. The number of methoxy groups -OCH3 is 3. The van der Waals surface area contributed by atoms with Crippen molar-refractivity contribution in [2.24, 2.45) is 16.5 Å². The van der Waals surface area contributed by atoms with E-state index >= 15 is 0 Å². The molecule has 3 rings (SSSR count). The number of amides is 1. The second-order valence-corrected chi connectivity index (χ2v) is 5.80. The summed E-state index contributed by atoms with van der Waals surface area (Å²) < 4.78 is 16.3. The monoisotopic (exact) mass is 380 g/mol. The first-order chi connectivity index (χ1) is 13.5. The number of carbonyl (C=O) groups excluding carboxylic acids is 1. The molecule has 0 radical (unpaired) electrons. The number of ether oxygens (including phenoxy) is 3. The van der Waals surface area contributed by atoms with Gasteiger partial charge in [0.15, 0.2) is 17.5 Å². The van der Waals surface area contributed by atoms with Crippen molar-refractivity contribution in [2.75, 3.05) is 21.3 Å². The second kappa shape index (κ2) is 7.83. The molecule has 8 heteroatoms. The summed E-state index contributed by atoms with van der Waals surface area (Å²) in [4.78, 5) is 21.1. The molecular weight excluding hydrogens is 360 g/mol. The lowest BCUT2D eigenvalue weighted by molar-refractivity contribution is 0.100. The molecule has 0 unspecified atom stereocenters. The Morgan fingerprint density at radius 3 is 2.21 bits per heavy atom. The van der Waals surface area contributed by atoms with Crippen molar-refractivity contribution < 1.29 is 19.0 Å². The molecule has 28 heavy (non-hydrogen) atoms. The molecule has 2 aromatic carbocycles. The van der Waals surface area contributed by atoms with Gasteiger partial charge in [0.1, 0.15) is 0 Å². The van der Waals surface area contributed by atoms with E-state index in [-0.39, 0.29) is 11.5 Å². The van der Waals surface area contributed by atoms with Gasteiger partial charge in [-0.15, -0.1) is 0 Å². The fourth-order valence-corrected chi connectivity index (χ4v) is 2.97. The van der Waals surface area contributed by atoms with Crippen LogP contribution in [-0.4, -0.2) is 38.2 Å². The van der Waals surface area contributed by atoms with Crippen LogP contribution in [0, 0.1) is 0 Å². The summed E-state index contributed by atoms with van der Waals surface area (Å²) in [6.45, 7) is 0. The minimum atomic E-state index is -0.616. The lowest BCUT2D eigenvalue weighted by Gasteiger charge is -2.17. The molecule has 0 saturated heterocycles. The van der Waals surface area contributed by atoms with Crippen LogP contribution in [0.1, 0.15) is 10.4 Å². The molecule has 0 spiro atoms. The third kappa shape index (κ3) is 3.39. The van der Waals surface area contributed by atoms with Gasteiger partial charge in [-0.3, -0.25) is 4.79 Å². The standard InChI is InChI=1S/C20H20N4O4/c1-26-15-10-14-16(18(28-3)17(15)27-2)12(19(25)24-20(21)22)9-13(23-14)11-7-5-4-6-8-11/h4-10H,1-3H3,(H4,21,22,24,25). The van der Waals surface area contributed by atoms with E-state index in [0.29, 0.717) is 33.8 Å². The normalized spacial score (nSPS) is 10.4. The van der Waals surface area contributed by atoms with E-state index < -0.39 is 5.91 Å². The number of aromatic nitrogens is 1. The Kier molecular flexibility index (Phi) is 5.30. The van der Waals surface area contributed by atoms with Crippen LogP contribution in [0.5, 0.6) is 17.2 Å². The van der Waals surface area contributed by atoms with Gasteiger partial charge in [-0.25, -0.2) is 4.98 Å². The SMILES string of the molecule is COc1cc2nc(-c3ccccc3)cc(C(=O)N=C(N)N)c2c(OC)c1OC. The minimum Gasteiger partial charge on any atom is -0.493 e. The molecule has 4 N–H and O–H groups in total. The average molecular weight is 380 g/mol. The molecule has 1 aromatic heterocycles. The van der Waals surface area contributed by atoms with Crippen LogP contribution >= 0.6 is 0 Å². The van der Waals surface area contributed by atoms with E-state index in [0.717, 1.165) is 5.56 Å². The van der Waals surface area contributed by atoms with Crippen molar-refractivity contribution in [2.45, 2.75) is 0 Å². The average Bonchev–Trinajstić information content (AvgIpc) is 2.71. The number of rotatable bonds is 5. The zero-order chi connectivity index (χ0) is 20.3. The summed E-state index contributed by atoms with van der Waals surface area (Å²) in [6.07, 6.45) is 0. The van der Waals surface area contributed by atoms with Gasteiger partial charge in [0.25, 0.3) is 5.91 Å². The first kappa shape index (κ1) is 19.0. The molecule has 0 aliphatic heterocycles. The maximum Gasteiger partial charge on any atom is 0.281 e. The maximum atomic E-state index is 12.8. The summed E-state index contributed by atoms with van der Waals surface area (Å²) in [5, 5.41) is 0.426. The zero-order valence-corrected chi connectivity index (χ0v) is 15.7. The number of hydrogen-bond acceptors (Lipinski definition) is 5. The van der Waals surface area contributed by atoms with Crippen LogP contribution < -0.4 is 25.7 Å². The van der Waals surface area contributed by atoms with E-state index in [1.54, 1.807) is 12.1 Å². The minimum absolute atomic E-state index is 0.232. The van der Waals surface area contributed by atoms with Gasteiger partial charge in [0.2, 0.25) is 5.75 Å². The van der Waals surface area contributed by atoms with Crippen LogP contribution in [0.2, 0.25) is 0 Å². The van der Waals surface area contributed by atoms with Crippen LogP contribution in [0.3, 0.4) is 0 Å². The third-order valence-electron chi connectivity index (χ3n) is 4.13. The lowest BCUT2D eigenvalue weighted by atomic mass is 10.0. The van der Waals surface area contributed by atoms with Gasteiger partial charge in [0, 0.05) is 11.6 Å². The van der Waals surface area contributed by atoms with Gasteiger partial charge in [0.05, 0.1) is 43.5 Å². The predicted molar refractivity (Wildman–Crippen MR) is 107 cm³/mol. The maximum absolute atomic E-state index is 12.8. The van der Waals surface area contributed by atoms with Crippen molar-refractivity contribution in [3.63, 3.8) is 0 Å². The summed E-state index contributed by atoms with van der Waals surface area (Å²) in [5.74, 6) is 0.110. The van der Waals surface area contributed by atoms with Gasteiger partial charge < -0.3 is 25.7 Å². The molecule has 0 aliphatic carbocycles. The number of nitrogens with zero attached hydrogens (tertiary/aromatic N) is 2. The molecule has 0 bridgehead atoms. The summed E-state index contributed by atoms with van der Waals surface area (Å²) in [7, 11) is 4.46. The summed E-state index contributed by atoms with van der Waals surface area (Å²) >= 11 is 0. The Balaban J connectivity index is 2.43. The quantitative estimate of drug-likeness (QED) is 0.514. The number of guanidine groups is 1. The van der Waals surface area contributed by atoms with Crippen molar-refractivity contribution in [3.8, 4) is 28.5 Å².